The van der Waals surface area contributed by atoms with Gasteiger partial charge in [-0.2, -0.15) is 10.2 Å². The van der Waals surface area contributed by atoms with E-state index in [9.17, 15) is 4.79 Å². The molecule has 0 unspecified atom stereocenters. The molecule has 0 bridgehead atoms. The Morgan fingerprint density at radius 3 is 2.58 bits per heavy atom. The van der Waals surface area contributed by atoms with Crippen molar-refractivity contribution in [1.29, 1.82) is 0 Å². The van der Waals surface area contributed by atoms with Gasteiger partial charge < -0.3 is 0 Å². The number of rotatable bonds is 5. The van der Waals surface area contributed by atoms with Crippen LogP contribution in [-0.2, 0) is 0 Å². The fourth-order valence-electron chi connectivity index (χ4n) is 2.41. The van der Waals surface area contributed by atoms with Crippen molar-refractivity contribution in [2.45, 2.75) is 13.8 Å². The lowest BCUT2D eigenvalue weighted by atomic mass is 10.1. The summed E-state index contributed by atoms with van der Waals surface area (Å²) in [7, 11) is 0. The van der Waals surface area contributed by atoms with Crippen molar-refractivity contribution in [2.24, 2.45) is 5.10 Å². The van der Waals surface area contributed by atoms with Crippen molar-refractivity contribution in [1.82, 2.24) is 15.6 Å². The van der Waals surface area contributed by atoms with Crippen LogP contribution >= 0.6 is 0 Å². The second kappa shape index (κ2) is 8.07. The van der Waals surface area contributed by atoms with Crippen LogP contribution in [0.4, 0.5) is 0 Å². The Hall–Kier alpha value is -3.47. The first-order valence-corrected chi connectivity index (χ1v) is 8.31. The molecule has 1 amide bonds. The molecule has 0 atom stereocenters. The maximum atomic E-state index is 12.2. The van der Waals surface area contributed by atoms with E-state index in [-0.39, 0.29) is 5.91 Å². The summed E-state index contributed by atoms with van der Waals surface area (Å²) in [6.07, 6.45) is 3.60. The number of allylic oxidation sites excluding steroid dienone is 1. The van der Waals surface area contributed by atoms with Gasteiger partial charge in [-0.3, -0.25) is 9.89 Å². The Bertz CT molecular complexity index is 938. The van der Waals surface area contributed by atoms with Gasteiger partial charge in [-0.1, -0.05) is 66.2 Å². The van der Waals surface area contributed by atoms with Crippen LogP contribution in [0.5, 0.6) is 0 Å². The Morgan fingerprint density at radius 2 is 1.85 bits per heavy atom. The zero-order chi connectivity index (χ0) is 18.4. The Morgan fingerprint density at radius 1 is 1.12 bits per heavy atom. The van der Waals surface area contributed by atoms with Crippen molar-refractivity contribution >= 4 is 18.2 Å². The van der Waals surface area contributed by atoms with Crippen molar-refractivity contribution in [3.63, 3.8) is 0 Å². The maximum absolute atomic E-state index is 12.2. The maximum Gasteiger partial charge on any atom is 0.289 e. The Balaban J connectivity index is 1.62. The highest BCUT2D eigenvalue weighted by Gasteiger charge is 2.10. The topological polar surface area (TPSA) is 70.1 Å². The van der Waals surface area contributed by atoms with Gasteiger partial charge in [0, 0.05) is 5.56 Å². The van der Waals surface area contributed by atoms with Gasteiger partial charge in [0.1, 0.15) is 5.69 Å². The number of amides is 1. The largest absolute Gasteiger partial charge is 0.289 e. The zero-order valence-corrected chi connectivity index (χ0v) is 14.7. The van der Waals surface area contributed by atoms with Crippen LogP contribution < -0.4 is 5.43 Å². The van der Waals surface area contributed by atoms with E-state index in [1.165, 1.54) is 5.56 Å². The summed E-state index contributed by atoms with van der Waals surface area (Å²) in [4.78, 5) is 12.2. The van der Waals surface area contributed by atoms with E-state index < -0.39 is 0 Å². The number of aryl methyl sites for hydroxylation is 1. The van der Waals surface area contributed by atoms with Crippen LogP contribution in [0.2, 0.25) is 0 Å². The predicted octanol–water partition coefficient (Wildman–Crippen LogP) is 4.20. The molecule has 0 saturated carbocycles. The number of nitrogens with zero attached hydrogens (tertiary/aromatic N) is 2. The first-order chi connectivity index (χ1) is 12.6. The summed E-state index contributed by atoms with van der Waals surface area (Å²) >= 11 is 0. The first-order valence-electron chi connectivity index (χ1n) is 8.31. The highest BCUT2D eigenvalue weighted by molar-refractivity contribution is 5.94. The van der Waals surface area contributed by atoms with Gasteiger partial charge in [0.2, 0.25) is 0 Å². The molecule has 0 aliphatic heterocycles. The summed E-state index contributed by atoms with van der Waals surface area (Å²) in [6, 6.07) is 19.6. The molecule has 2 aromatic carbocycles. The van der Waals surface area contributed by atoms with E-state index >= 15 is 0 Å². The zero-order valence-electron chi connectivity index (χ0n) is 14.7. The van der Waals surface area contributed by atoms with Gasteiger partial charge in [-0.15, -0.1) is 0 Å². The summed E-state index contributed by atoms with van der Waals surface area (Å²) in [5.41, 5.74) is 7.74. The van der Waals surface area contributed by atoms with Crippen LogP contribution in [-0.4, -0.2) is 22.3 Å². The SMILES string of the molecule is CC(/C=N/NC(=O)c1cc(-c2ccc(C)cc2)n[nH]1)=C\c1ccccc1. The van der Waals surface area contributed by atoms with Crippen molar-refractivity contribution in [3.05, 3.63) is 83.1 Å². The molecule has 0 radical (unpaired) electrons. The van der Waals surface area contributed by atoms with Crippen molar-refractivity contribution < 1.29 is 4.79 Å². The molecule has 1 aromatic heterocycles. The molecule has 0 aliphatic rings. The molecule has 3 rings (SSSR count). The standard InChI is InChI=1S/C21H20N4O/c1-15-8-10-18(11-9-15)19-13-20(24-23-19)21(26)25-22-14-16(2)12-17-6-4-3-5-7-17/h3-14H,1-2H3,(H,23,24)(H,25,26)/b16-12+,22-14+. The minimum absolute atomic E-state index is 0.334. The number of aromatic nitrogens is 2. The second-order valence-corrected chi connectivity index (χ2v) is 6.03. The van der Waals surface area contributed by atoms with Gasteiger partial charge in [0.15, 0.2) is 0 Å². The number of benzene rings is 2. The molecule has 3 aromatic rings. The lowest BCUT2D eigenvalue weighted by Crippen LogP contribution is -2.17. The van der Waals surface area contributed by atoms with Crippen LogP contribution in [0.3, 0.4) is 0 Å². The number of hydrazone groups is 1. The summed E-state index contributed by atoms with van der Waals surface area (Å²) in [5.74, 6) is -0.334. The molecule has 130 valence electrons. The average Bonchev–Trinajstić information content (AvgIpc) is 3.13. The molecule has 1 heterocycles. The number of H-pyrrole nitrogens is 1. The Labute approximate surface area is 152 Å². The molecule has 0 fully saturated rings. The van der Waals surface area contributed by atoms with Gasteiger partial charge in [0.05, 0.1) is 11.9 Å². The van der Waals surface area contributed by atoms with E-state index in [0.717, 1.165) is 22.4 Å². The molecule has 0 saturated heterocycles. The third-order valence-electron chi connectivity index (χ3n) is 3.80. The smallest absolute Gasteiger partial charge is 0.272 e. The molecule has 2 N–H and O–H groups in total. The normalized spacial score (nSPS) is 11.7. The third kappa shape index (κ3) is 4.54. The highest BCUT2D eigenvalue weighted by Crippen LogP contribution is 2.18. The highest BCUT2D eigenvalue weighted by atomic mass is 16.2. The second-order valence-electron chi connectivity index (χ2n) is 6.03. The fraction of sp³-hybridized carbons (Fsp3) is 0.0952. The van der Waals surface area contributed by atoms with Gasteiger partial charge in [0.25, 0.3) is 5.91 Å². The lowest BCUT2D eigenvalue weighted by Gasteiger charge is -1.97. The van der Waals surface area contributed by atoms with Crippen LogP contribution in [0.15, 0.2) is 71.3 Å². The quantitative estimate of drug-likeness (QED) is 0.538. The van der Waals surface area contributed by atoms with E-state index in [1.807, 2.05) is 74.5 Å². The van der Waals surface area contributed by atoms with Gasteiger partial charge in [-0.05, 0) is 31.1 Å². The molecular formula is C21H20N4O. The number of hydrogen-bond acceptors (Lipinski definition) is 3. The number of hydrogen-bond donors (Lipinski definition) is 2. The van der Waals surface area contributed by atoms with E-state index in [2.05, 4.69) is 20.7 Å². The van der Waals surface area contributed by atoms with Gasteiger partial charge >= 0.3 is 0 Å². The molecule has 5 heteroatoms. The van der Waals surface area contributed by atoms with E-state index in [1.54, 1.807) is 12.3 Å². The minimum atomic E-state index is -0.334. The Kier molecular flexibility index (Phi) is 5.39. The number of aromatic amines is 1. The average molecular weight is 344 g/mol. The minimum Gasteiger partial charge on any atom is -0.272 e. The van der Waals surface area contributed by atoms with E-state index in [4.69, 9.17) is 0 Å². The van der Waals surface area contributed by atoms with E-state index in [0.29, 0.717) is 5.69 Å². The number of carbonyl (C=O) groups excluding carboxylic acids is 1. The molecule has 0 spiro atoms. The third-order valence-corrected chi connectivity index (χ3v) is 3.80. The molecule has 0 aliphatic carbocycles. The van der Waals surface area contributed by atoms with Crippen LogP contribution in [0.1, 0.15) is 28.5 Å². The summed E-state index contributed by atoms with van der Waals surface area (Å²) in [6.45, 7) is 3.95. The number of nitrogens with one attached hydrogen (secondary N) is 2. The summed E-state index contributed by atoms with van der Waals surface area (Å²) < 4.78 is 0. The number of carbonyl (C=O) groups is 1. The van der Waals surface area contributed by atoms with Crippen LogP contribution in [0.25, 0.3) is 17.3 Å². The first kappa shape index (κ1) is 17.4. The monoisotopic (exact) mass is 344 g/mol. The molecule has 26 heavy (non-hydrogen) atoms. The summed E-state index contributed by atoms with van der Waals surface area (Å²) in [5, 5.41) is 10.9. The predicted molar refractivity (Wildman–Crippen MR) is 105 cm³/mol. The lowest BCUT2D eigenvalue weighted by molar-refractivity contribution is 0.0950. The van der Waals surface area contributed by atoms with Crippen molar-refractivity contribution in [3.8, 4) is 11.3 Å². The van der Waals surface area contributed by atoms with Gasteiger partial charge in [-0.25, -0.2) is 5.43 Å². The molecular weight excluding hydrogens is 324 g/mol. The van der Waals surface area contributed by atoms with Crippen molar-refractivity contribution in [2.75, 3.05) is 0 Å². The van der Waals surface area contributed by atoms with Crippen LogP contribution in [0, 0.1) is 6.92 Å². The fourth-order valence-corrected chi connectivity index (χ4v) is 2.41. The molecule has 5 nitrogen and oxygen atoms in total.